The van der Waals surface area contributed by atoms with E-state index in [0.29, 0.717) is 37.3 Å². The summed E-state index contributed by atoms with van der Waals surface area (Å²) in [5.41, 5.74) is -0.422. The van der Waals surface area contributed by atoms with Crippen molar-refractivity contribution in [2.24, 2.45) is 0 Å². The van der Waals surface area contributed by atoms with E-state index in [-0.39, 0.29) is 58.3 Å². The summed E-state index contributed by atoms with van der Waals surface area (Å²) in [5.74, 6) is -0.243. The second kappa shape index (κ2) is 9.16. The van der Waals surface area contributed by atoms with E-state index in [2.05, 4.69) is 25.9 Å². The van der Waals surface area contributed by atoms with Gasteiger partial charge in [-0.3, -0.25) is 9.80 Å². The molecule has 6 rings (SSSR count). The predicted octanol–water partition coefficient (Wildman–Crippen LogP) is 5.28. The number of piperazine rings is 1. The van der Waals surface area contributed by atoms with Crippen LogP contribution in [0, 0.1) is 5.82 Å². The Morgan fingerprint density at radius 2 is 2.00 bits per heavy atom. The molecule has 2 aromatic rings. The number of ether oxygens (including phenoxy) is 1. The lowest BCUT2D eigenvalue weighted by atomic mass is 9.94. The smallest absolute Gasteiger partial charge is 0.407 e. The lowest BCUT2D eigenvalue weighted by Gasteiger charge is -2.40. The summed E-state index contributed by atoms with van der Waals surface area (Å²) >= 11 is 9.45. The van der Waals surface area contributed by atoms with Gasteiger partial charge in [-0.05, 0) is 60.6 Å². The molecule has 0 aliphatic carbocycles. The van der Waals surface area contributed by atoms with Crippen LogP contribution in [0.15, 0.2) is 22.2 Å². The third-order valence-electron chi connectivity index (χ3n) is 8.19. The highest BCUT2D eigenvalue weighted by atomic mass is 79.9. The molecule has 1 aromatic heterocycles. The summed E-state index contributed by atoms with van der Waals surface area (Å²) < 4.78 is 48.2. The van der Waals surface area contributed by atoms with Gasteiger partial charge in [-0.15, -0.1) is 0 Å². The monoisotopic (exact) mass is 601 g/mol. The van der Waals surface area contributed by atoms with Crippen molar-refractivity contribution in [1.82, 2.24) is 19.8 Å². The first-order chi connectivity index (χ1) is 17.7. The number of fused-ring (bicyclic) bond motifs is 4. The van der Waals surface area contributed by atoms with Gasteiger partial charge in [-0.1, -0.05) is 11.6 Å². The SMILES string of the molecule is O=C(O)N1[C@@H]2CC[C@H]1CN(c1nc(OCC34CCCN3CC(=C(F)F)C4)nc3c(F)c(Br)c(Cl)cc13)C2. The van der Waals surface area contributed by atoms with Crippen molar-refractivity contribution in [2.45, 2.75) is 49.7 Å². The van der Waals surface area contributed by atoms with Crippen LogP contribution in [0.25, 0.3) is 10.9 Å². The number of rotatable bonds is 4. The minimum Gasteiger partial charge on any atom is -0.465 e. The average molecular weight is 603 g/mol. The zero-order valence-corrected chi connectivity index (χ0v) is 22.0. The van der Waals surface area contributed by atoms with Crippen LogP contribution in [0.2, 0.25) is 5.02 Å². The first-order valence-corrected chi connectivity index (χ1v) is 13.4. The van der Waals surface area contributed by atoms with E-state index in [4.69, 9.17) is 16.3 Å². The fraction of sp³-hybridized carbons (Fsp3) is 0.542. The Morgan fingerprint density at radius 3 is 2.68 bits per heavy atom. The third-order valence-corrected chi connectivity index (χ3v) is 9.49. The van der Waals surface area contributed by atoms with Crippen LogP contribution in [0.4, 0.5) is 23.8 Å². The van der Waals surface area contributed by atoms with E-state index in [0.717, 1.165) is 19.3 Å². The number of carbonyl (C=O) groups is 1. The van der Waals surface area contributed by atoms with E-state index in [1.165, 1.54) is 4.90 Å². The van der Waals surface area contributed by atoms with Crippen LogP contribution >= 0.6 is 27.5 Å². The maximum Gasteiger partial charge on any atom is 0.407 e. The number of benzene rings is 1. The molecule has 5 heterocycles. The molecule has 4 saturated heterocycles. The summed E-state index contributed by atoms with van der Waals surface area (Å²) in [7, 11) is 0. The molecule has 1 amide bonds. The van der Waals surface area contributed by atoms with Gasteiger partial charge in [0.1, 0.15) is 17.9 Å². The maximum absolute atomic E-state index is 15.3. The summed E-state index contributed by atoms with van der Waals surface area (Å²) in [6, 6.07) is 1.13. The largest absolute Gasteiger partial charge is 0.465 e. The zero-order chi connectivity index (χ0) is 26.1. The number of halogens is 5. The van der Waals surface area contributed by atoms with Crippen molar-refractivity contribution in [1.29, 1.82) is 0 Å². The lowest BCUT2D eigenvalue weighted by molar-refractivity contribution is 0.107. The molecule has 1 unspecified atom stereocenters. The van der Waals surface area contributed by atoms with Gasteiger partial charge in [-0.25, -0.2) is 9.18 Å². The summed E-state index contributed by atoms with van der Waals surface area (Å²) in [6.45, 7) is 1.81. The molecule has 4 aliphatic rings. The van der Waals surface area contributed by atoms with Gasteiger partial charge in [0.15, 0.2) is 5.82 Å². The van der Waals surface area contributed by atoms with E-state index < -0.39 is 23.5 Å². The van der Waals surface area contributed by atoms with E-state index in [1.54, 1.807) is 6.07 Å². The molecule has 37 heavy (non-hydrogen) atoms. The van der Waals surface area contributed by atoms with Crippen molar-refractivity contribution in [3.8, 4) is 6.01 Å². The van der Waals surface area contributed by atoms with Gasteiger partial charge >= 0.3 is 12.1 Å². The standard InChI is InChI=1S/C24H24BrClF3N5O3/c25-17-16(26)6-15-19(18(17)27)30-22(37-11-24-4-1-5-33(24)8-12(7-24)20(28)29)31-21(15)32-9-13-2-3-14(10-32)34(13)23(35)36/h6,13-14H,1-5,7-11H2,(H,35,36)/t13-,14+,24?. The molecule has 0 radical (unpaired) electrons. The van der Waals surface area contributed by atoms with Gasteiger partial charge in [0, 0.05) is 30.6 Å². The van der Waals surface area contributed by atoms with Crippen molar-refractivity contribution in [3.05, 3.63) is 33.0 Å². The Labute approximate surface area is 224 Å². The number of carboxylic acid groups (broad SMARTS) is 1. The minimum absolute atomic E-state index is 0.0203. The van der Waals surface area contributed by atoms with Gasteiger partial charge in [0.25, 0.3) is 6.08 Å². The predicted molar refractivity (Wildman–Crippen MR) is 134 cm³/mol. The molecule has 4 aliphatic heterocycles. The first kappa shape index (κ1) is 25.0. The number of aromatic nitrogens is 2. The Bertz CT molecular complexity index is 1310. The highest BCUT2D eigenvalue weighted by molar-refractivity contribution is 9.10. The Kier molecular flexibility index (Phi) is 6.19. The second-order valence-electron chi connectivity index (χ2n) is 10.3. The van der Waals surface area contributed by atoms with E-state index >= 15 is 4.39 Å². The Morgan fingerprint density at radius 1 is 1.27 bits per heavy atom. The van der Waals surface area contributed by atoms with Crippen LogP contribution in [-0.4, -0.2) is 81.4 Å². The molecule has 2 bridgehead atoms. The van der Waals surface area contributed by atoms with Gasteiger partial charge in [0.2, 0.25) is 0 Å². The third kappa shape index (κ3) is 4.11. The van der Waals surface area contributed by atoms with Crippen LogP contribution in [0.5, 0.6) is 6.01 Å². The normalized spacial score (nSPS) is 27.3. The fourth-order valence-corrected chi connectivity index (χ4v) is 6.99. The molecule has 0 saturated carbocycles. The minimum atomic E-state index is -1.64. The topological polar surface area (TPSA) is 82.0 Å². The van der Waals surface area contributed by atoms with Gasteiger partial charge in [0.05, 0.1) is 27.1 Å². The average Bonchev–Trinajstić information content (AvgIpc) is 3.50. The molecule has 198 valence electrons. The number of anilines is 1. The number of nitrogens with zero attached hydrogens (tertiary/aromatic N) is 5. The van der Waals surface area contributed by atoms with Gasteiger partial charge < -0.3 is 14.7 Å². The molecule has 1 N–H and O–H groups in total. The van der Waals surface area contributed by atoms with Crippen molar-refractivity contribution in [3.63, 3.8) is 0 Å². The van der Waals surface area contributed by atoms with E-state index in [1.807, 2.05) is 9.80 Å². The van der Waals surface area contributed by atoms with Crippen LogP contribution in [-0.2, 0) is 0 Å². The molecule has 13 heteroatoms. The maximum atomic E-state index is 15.3. The summed E-state index contributed by atoms with van der Waals surface area (Å²) in [5, 5.41) is 10.2. The lowest BCUT2D eigenvalue weighted by Crippen LogP contribution is -2.55. The second-order valence-corrected chi connectivity index (χ2v) is 11.5. The molecule has 4 fully saturated rings. The number of amides is 1. The number of hydrogen-bond donors (Lipinski definition) is 1. The fourth-order valence-electron chi connectivity index (χ4n) is 6.50. The molecule has 0 spiro atoms. The highest BCUT2D eigenvalue weighted by Crippen LogP contribution is 2.44. The molecule has 8 nitrogen and oxygen atoms in total. The van der Waals surface area contributed by atoms with Gasteiger partial charge in [-0.2, -0.15) is 18.7 Å². The van der Waals surface area contributed by atoms with Crippen molar-refractivity contribution >= 4 is 50.3 Å². The quantitative estimate of drug-likeness (QED) is 0.477. The Balaban J connectivity index is 1.36. The van der Waals surface area contributed by atoms with E-state index in [9.17, 15) is 18.7 Å². The molecule has 3 atom stereocenters. The summed E-state index contributed by atoms with van der Waals surface area (Å²) in [4.78, 5) is 26.2. The molecular weight excluding hydrogens is 579 g/mol. The molecule has 1 aromatic carbocycles. The summed E-state index contributed by atoms with van der Waals surface area (Å²) in [6.07, 6.45) is 0.685. The molecular formula is C24H24BrClF3N5O3. The first-order valence-electron chi connectivity index (χ1n) is 12.2. The van der Waals surface area contributed by atoms with Crippen molar-refractivity contribution < 1.29 is 27.8 Å². The van der Waals surface area contributed by atoms with Crippen LogP contribution < -0.4 is 9.64 Å². The number of hydrogen-bond acceptors (Lipinski definition) is 6. The van der Waals surface area contributed by atoms with Crippen LogP contribution in [0.3, 0.4) is 0 Å². The highest BCUT2D eigenvalue weighted by Gasteiger charge is 2.48. The zero-order valence-electron chi connectivity index (χ0n) is 19.7. The van der Waals surface area contributed by atoms with Crippen LogP contribution in [0.1, 0.15) is 32.1 Å². The Hall–Kier alpha value is -2.31. The van der Waals surface area contributed by atoms with Crippen molar-refractivity contribution in [2.75, 3.05) is 37.7 Å².